The van der Waals surface area contributed by atoms with Gasteiger partial charge in [0.2, 0.25) is 0 Å². The number of rotatable bonds is 0. The summed E-state index contributed by atoms with van der Waals surface area (Å²) >= 11 is 7.48. The van der Waals surface area contributed by atoms with E-state index in [4.69, 9.17) is 0 Å². The van der Waals surface area contributed by atoms with Gasteiger partial charge in [-0.2, -0.15) is 0 Å². The van der Waals surface area contributed by atoms with Gasteiger partial charge in [0.1, 0.15) is 5.82 Å². The van der Waals surface area contributed by atoms with Gasteiger partial charge < -0.3 is 0 Å². The second kappa shape index (κ2) is 3.87. The Labute approximate surface area is 100 Å². The minimum absolute atomic E-state index is 0.127. The molecular formula is C7H4BrFI2. The molecule has 0 aliphatic carbocycles. The van der Waals surface area contributed by atoms with Crippen molar-refractivity contribution in [1.82, 2.24) is 0 Å². The van der Waals surface area contributed by atoms with Crippen LogP contribution < -0.4 is 0 Å². The Morgan fingerprint density at radius 3 is 2.55 bits per heavy atom. The summed E-state index contributed by atoms with van der Waals surface area (Å²) in [5.74, 6) is -0.127. The molecule has 0 heterocycles. The van der Waals surface area contributed by atoms with E-state index in [-0.39, 0.29) is 5.82 Å². The lowest BCUT2D eigenvalue weighted by Gasteiger charge is -2.03. The van der Waals surface area contributed by atoms with Gasteiger partial charge in [-0.25, -0.2) is 4.39 Å². The summed E-state index contributed by atoms with van der Waals surface area (Å²) < 4.78 is 15.7. The predicted molar refractivity (Wildman–Crippen MR) is 64.3 cm³/mol. The SMILES string of the molecule is Cc1cc(I)c(Br)c(I)c1F. The van der Waals surface area contributed by atoms with Gasteiger partial charge in [-0.1, -0.05) is 0 Å². The highest BCUT2D eigenvalue weighted by Crippen LogP contribution is 2.29. The molecule has 1 aromatic rings. The highest BCUT2D eigenvalue weighted by Gasteiger charge is 2.09. The average Bonchev–Trinajstić information content (AvgIpc) is 1.97. The van der Waals surface area contributed by atoms with E-state index in [1.807, 2.05) is 28.7 Å². The molecule has 0 spiro atoms. The van der Waals surface area contributed by atoms with Crippen LogP contribution in [0.25, 0.3) is 0 Å². The molecule has 0 nitrogen and oxygen atoms in total. The fraction of sp³-hybridized carbons (Fsp3) is 0.143. The number of benzene rings is 1. The molecule has 60 valence electrons. The van der Waals surface area contributed by atoms with Crippen LogP contribution in [0.5, 0.6) is 0 Å². The van der Waals surface area contributed by atoms with Crippen molar-refractivity contribution in [3.05, 3.63) is 29.1 Å². The lowest BCUT2D eigenvalue weighted by Crippen LogP contribution is -1.91. The summed E-state index contributed by atoms with van der Waals surface area (Å²) in [6.45, 7) is 1.77. The summed E-state index contributed by atoms with van der Waals surface area (Å²) in [5, 5.41) is 0. The van der Waals surface area contributed by atoms with Gasteiger partial charge in [-0.3, -0.25) is 0 Å². The quantitative estimate of drug-likeness (QED) is 0.324. The maximum Gasteiger partial charge on any atom is 0.140 e. The van der Waals surface area contributed by atoms with E-state index in [1.165, 1.54) is 0 Å². The van der Waals surface area contributed by atoms with Gasteiger partial charge in [-0.05, 0) is 79.7 Å². The van der Waals surface area contributed by atoms with E-state index in [9.17, 15) is 4.39 Å². The maximum atomic E-state index is 13.1. The molecule has 0 amide bonds. The molecule has 1 rings (SSSR count). The Kier molecular flexibility index (Phi) is 3.57. The molecule has 0 fully saturated rings. The highest BCUT2D eigenvalue weighted by atomic mass is 127. The standard InChI is InChI=1S/C7H4BrFI2/c1-3-2-4(10)5(8)7(11)6(3)9/h2H,1H3. The first-order valence-electron chi connectivity index (χ1n) is 2.83. The second-order valence-corrected chi connectivity index (χ2v) is 5.15. The summed E-state index contributed by atoms with van der Waals surface area (Å²) in [7, 11) is 0. The largest absolute Gasteiger partial charge is 0.205 e. The smallest absolute Gasteiger partial charge is 0.140 e. The predicted octanol–water partition coefficient (Wildman–Crippen LogP) is 4.11. The zero-order valence-electron chi connectivity index (χ0n) is 5.59. The summed E-state index contributed by atoms with van der Waals surface area (Å²) in [6.07, 6.45) is 0. The van der Waals surface area contributed by atoms with Crippen LogP contribution in [0.1, 0.15) is 5.56 Å². The van der Waals surface area contributed by atoms with E-state index in [0.717, 1.165) is 8.04 Å². The van der Waals surface area contributed by atoms with Crippen molar-refractivity contribution < 1.29 is 4.39 Å². The molecular weight excluding hydrogens is 437 g/mol. The van der Waals surface area contributed by atoms with E-state index >= 15 is 0 Å². The molecule has 0 radical (unpaired) electrons. The fourth-order valence-corrected chi connectivity index (χ4v) is 2.95. The van der Waals surface area contributed by atoms with Crippen LogP contribution in [0.15, 0.2) is 10.5 Å². The van der Waals surface area contributed by atoms with Crippen LogP contribution in [0.4, 0.5) is 4.39 Å². The van der Waals surface area contributed by atoms with Gasteiger partial charge in [0.25, 0.3) is 0 Å². The zero-order valence-corrected chi connectivity index (χ0v) is 11.5. The molecule has 4 heteroatoms. The van der Waals surface area contributed by atoms with E-state index in [1.54, 1.807) is 6.92 Å². The van der Waals surface area contributed by atoms with Crippen molar-refractivity contribution in [2.24, 2.45) is 0 Å². The number of aryl methyl sites for hydroxylation is 1. The van der Waals surface area contributed by atoms with Crippen LogP contribution >= 0.6 is 61.1 Å². The lowest BCUT2D eigenvalue weighted by atomic mass is 10.2. The van der Waals surface area contributed by atoms with Crippen molar-refractivity contribution in [3.8, 4) is 0 Å². The third-order valence-corrected chi connectivity index (χ3v) is 5.45. The monoisotopic (exact) mass is 440 g/mol. The third-order valence-electron chi connectivity index (χ3n) is 1.28. The summed E-state index contributed by atoms with van der Waals surface area (Å²) in [4.78, 5) is 0. The van der Waals surface area contributed by atoms with Crippen molar-refractivity contribution in [1.29, 1.82) is 0 Å². The minimum atomic E-state index is -0.127. The Morgan fingerprint density at radius 1 is 1.45 bits per heavy atom. The Hall–Kier alpha value is 1.09. The number of hydrogen-bond acceptors (Lipinski definition) is 0. The molecule has 11 heavy (non-hydrogen) atoms. The van der Waals surface area contributed by atoms with Crippen molar-refractivity contribution in [2.45, 2.75) is 6.92 Å². The Balaban J connectivity index is 3.46. The molecule has 0 atom stereocenters. The second-order valence-electron chi connectivity index (χ2n) is 2.12. The van der Waals surface area contributed by atoms with E-state index in [2.05, 4.69) is 38.5 Å². The van der Waals surface area contributed by atoms with E-state index < -0.39 is 0 Å². The Bertz CT molecular complexity index is 273. The normalized spacial score (nSPS) is 10.3. The van der Waals surface area contributed by atoms with Gasteiger partial charge in [-0.15, -0.1) is 0 Å². The summed E-state index contributed by atoms with van der Waals surface area (Å²) in [6, 6.07) is 1.82. The van der Waals surface area contributed by atoms with Crippen LogP contribution in [0.3, 0.4) is 0 Å². The van der Waals surface area contributed by atoms with Crippen LogP contribution in [0.2, 0.25) is 0 Å². The van der Waals surface area contributed by atoms with Gasteiger partial charge in [0, 0.05) is 8.04 Å². The summed E-state index contributed by atoms with van der Waals surface area (Å²) in [5.41, 5.74) is 0.696. The fourth-order valence-electron chi connectivity index (χ4n) is 0.691. The molecule has 1 aromatic carbocycles. The molecule has 0 unspecified atom stereocenters. The Morgan fingerprint density at radius 2 is 2.00 bits per heavy atom. The van der Waals surface area contributed by atoms with Crippen LogP contribution in [-0.4, -0.2) is 0 Å². The highest BCUT2D eigenvalue weighted by molar-refractivity contribution is 14.1. The lowest BCUT2D eigenvalue weighted by molar-refractivity contribution is 0.609. The molecule has 0 saturated carbocycles. The molecule has 0 aliphatic rings. The van der Waals surface area contributed by atoms with Crippen LogP contribution in [0, 0.1) is 19.9 Å². The molecule has 0 N–H and O–H groups in total. The van der Waals surface area contributed by atoms with Gasteiger partial charge >= 0.3 is 0 Å². The van der Waals surface area contributed by atoms with Crippen molar-refractivity contribution >= 4 is 61.1 Å². The maximum absolute atomic E-state index is 13.1. The minimum Gasteiger partial charge on any atom is -0.205 e. The molecule has 0 bridgehead atoms. The van der Waals surface area contributed by atoms with Gasteiger partial charge in [0.15, 0.2) is 0 Å². The zero-order chi connectivity index (χ0) is 8.59. The van der Waals surface area contributed by atoms with Crippen LogP contribution in [-0.2, 0) is 0 Å². The number of halogens is 4. The van der Waals surface area contributed by atoms with Crippen molar-refractivity contribution in [3.63, 3.8) is 0 Å². The van der Waals surface area contributed by atoms with E-state index in [0.29, 0.717) is 9.13 Å². The molecule has 0 aliphatic heterocycles. The topological polar surface area (TPSA) is 0 Å². The molecule has 0 saturated heterocycles. The van der Waals surface area contributed by atoms with Gasteiger partial charge in [0.05, 0.1) is 3.57 Å². The first-order chi connectivity index (χ1) is 5.04. The first-order valence-corrected chi connectivity index (χ1v) is 5.78. The first kappa shape index (κ1) is 10.2. The third kappa shape index (κ3) is 2.06. The van der Waals surface area contributed by atoms with Crippen molar-refractivity contribution in [2.75, 3.05) is 0 Å². The number of hydrogen-bond donors (Lipinski definition) is 0. The average molecular weight is 441 g/mol. The molecule has 0 aromatic heterocycles.